The number of thiophene rings is 1. The Labute approximate surface area is 173 Å². The van der Waals surface area contributed by atoms with Gasteiger partial charge in [0.15, 0.2) is 0 Å². The van der Waals surface area contributed by atoms with Crippen molar-refractivity contribution < 1.29 is 28.5 Å². The van der Waals surface area contributed by atoms with Crippen LogP contribution in [0.25, 0.3) is 0 Å². The van der Waals surface area contributed by atoms with Crippen LogP contribution in [0.1, 0.15) is 15.2 Å². The maximum Gasteiger partial charge on any atom is 0.337 e. The molecular weight excluding hydrogens is 394 g/mol. The Hall–Kier alpha value is -2.42. The van der Waals surface area contributed by atoms with E-state index >= 15 is 0 Å². The number of fused-ring (bicyclic) bond motifs is 1. The average molecular weight is 417 g/mol. The van der Waals surface area contributed by atoms with Crippen molar-refractivity contribution in [3.8, 4) is 5.75 Å². The van der Waals surface area contributed by atoms with Gasteiger partial charge in [0.05, 0.1) is 32.3 Å². The molecule has 0 N–H and O–H groups in total. The molecule has 1 aromatic heterocycles. The number of hydrogen-bond acceptors (Lipinski definition) is 7. The van der Waals surface area contributed by atoms with Crippen LogP contribution in [0, 0.1) is 0 Å². The van der Waals surface area contributed by atoms with Gasteiger partial charge < -0.3 is 23.8 Å². The molecule has 4 rings (SSSR count). The molecule has 29 heavy (non-hydrogen) atoms. The Balaban J connectivity index is 1.28. The third-order valence-corrected chi connectivity index (χ3v) is 5.92. The number of amides is 1. The van der Waals surface area contributed by atoms with Gasteiger partial charge in [-0.2, -0.15) is 0 Å². The number of carbonyl (C=O) groups excluding carboxylic acids is 2. The summed E-state index contributed by atoms with van der Waals surface area (Å²) >= 11 is 1.59. The van der Waals surface area contributed by atoms with E-state index in [4.69, 9.17) is 18.9 Å². The smallest absolute Gasteiger partial charge is 0.337 e. The zero-order valence-electron chi connectivity index (χ0n) is 16.1. The number of carbonyl (C=O) groups is 2. The minimum Gasteiger partial charge on any atom is -0.486 e. The van der Waals surface area contributed by atoms with Gasteiger partial charge in [0.2, 0.25) is 5.91 Å². The van der Waals surface area contributed by atoms with Gasteiger partial charge in [0.1, 0.15) is 24.1 Å². The first-order valence-corrected chi connectivity index (χ1v) is 10.4. The lowest BCUT2D eigenvalue weighted by atomic mass is 10.2. The molecule has 2 atom stereocenters. The van der Waals surface area contributed by atoms with Crippen molar-refractivity contribution >= 4 is 23.2 Å². The lowest BCUT2D eigenvalue weighted by Crippen LogP contribution is -2.33. The molecule has 0 aliphatic carbocycles. The third kappa shape index (κ3) is 4.77. The normalized spacial score (nSPS) is 22.0. The SMILES string of the molecule is COC(=O)c1ccc(OC2CO[C@H]3CN(C(=O)Cc4cccs4)C[C@@H]3OC2)cc1. The molecule has 3 heterocycles. The fourth-order valence-corrected chi connectivity index (χ4v) is 4.20. The number of methoxy groups -OCH3 is 1. The second kappa shape index (κ2) is 8.94. The Morgan fingerprint density at radius 2 is 1.79 bits per heavy atom. The average Bonchev–Trinajstić information content (AvgIpc) is 3.36. The lowest BCUT2D eigenvalue weighted by Gasteiger charge is -2.19. The number of esters is 1. The number of rotatable bonds is 5. The summed E-state index contributed by atoms with van der Waals surface area (Å²) in [5, 5.41) is 1.98. The molecule has 0 bridgehead atoms. The molecule has 0 unspecified atom stereocenters. The van der Waals surface area contributed by atoms with E-state index in [0.717, 1.165) is 4.88 Å². The first-order chi connectivity index (χ1) is 14.1. The standard InChI is InChI=1S/C21H23NO6S/c1-25-21(24)14-4-6-15(7-5-14)28-16-12-26-18-10-22(11-19(18)27-13-16)20(23)9-17-3-2-8-29-17/h2-8,16,18-19H,9-13H2,1H3/t18-,19-/m0/s1. The molecule has 1 amide bonds. The highest BCUT2D eigenvalue weighted by molar-refractivity contribution is 7.10. The summed E-state index contributed by atoms with van der Waals surface area (Å²) in [5.74, 6) is 0.351. The van der Waals surface area contributed by atoms with Crippen molar-refractivity contribution in [3.63, 3.8) is 0 Å². The molecule has 2 aliphatic heterocycles. The molecule has 8 heteroatoms. The summed E-state index contributed by atoms with van der Waals surface area (Å²) in [4.78, 5) is 26.9. The molecule has 1 aromatic carbocycles. The van der Waals surface area contributed by atoms with Gasteiger partial charge in [-0.1, -0.05) is 6.07 Å². The van der Waals surface area contributed by atoms with Crippen LogP contribution in [-0.4, -0.2) is 68.5 Å². The van der Waals surface area contributed by atoms with E-state index < -0.39 is 0 Å². The summed E-state index contributed by atoms with van der Waals surface area (Å²) in [7, 11) is 1.35. The van der Waals surface area contributed by atoms with Gasteiger partial charge in [-0.3, -0.25) is 4.79 Å². The Bertz CT molecular complexity index is 821. The van der Waals surface area contributed by atoms with Gasteiger partial charge in [-0.05, 0) is 35.7 Å². The molecule has 0 radical (unpaired) electrons. The third-order valence-electron chi connectivity index (χ3n) is 5.04. The van der Waals surface area contributed by atoms with E-state index in [1.54, 1.807) is 35.6 Å². The van der Waals surface area contributed by atoms with Gasteiger partial charge in [-0.15, -0.1) is 11.3 Å². The quantitative estimate of drug-likeness (QED) is 0.694. The number of nitrogens with zero attached hydrogens (tertiary/aromatic N) is 1. The molecule has 2 aliphatic rings. The molecule has 2 saturated heterocycles. The summed E-state index contributed by atoms with van der Waals surface area (Å²) in [5.41, 5.74) is 0.468. The number of ether oxygens (including phenoxy) is 4. The maximum absolute atomic E-state index is 12.5. The Kier molecular flexibility index (Phi) is 6.13. The van der Waals surface area contributed by atoms with Crippen molar-refractivity contribution in [2.24, 2.45) is 0 Å². The van der Waals surface area contributed by atoms with Crippen molar-refractivity contribution in [1.29, 1.82) is 0 Å². The van der Waals surface area contributed by atoms with Gasteiger partial charge in [-0.25, -0.2) is 4.79 Å². The van der Waals surface area contributed by atoms with Crippen LogP contribution in [0.3, 0.4) is 0 Å². The first kappa shape index (κ1) is 19.9. The largest absolute Gasteiger partial charge is 0.486 e. The van der Waals surface area contributed by atoms with Gasteiger partial charge in [0.25, 0.3) is 0 Å². The number of likely N-dealkylation sites (tertiary alicyclic amines) is 1. The molecule has 154 valence electrons. The first-order valence-electron chi connectivity index (χ1n) is 9.51. The maximum atomic E-state index is 12.5. The summed E-state index contributed by atoms with van der Waals surface area (Å²) in [6.07, 6.45) is -0.111. The van der Waals surface area contributed by atoms with Crippen molar-refractivity contribution in [2.75, 3.05) is 33.4 Å². The van der Waals surface area contributed by atoms with E-state index in [-0.39, 0.29) is 30.2 Å². The van der Waals surface area contributed by atoms with Crippen LogP contribution in [0.4, 0.5) is 0 Å². The molecule has 7 nitrogen and oxygen atoms in total. The van der Waals surface area contributed by atoms with E-state index in [2.05, 4.69) is 0 Å². The predicted molar refractivity (Wildman–Crippen MR) is 106 cm³/mol. The lowest BCUT2D eigenvalue weighted by molar-refractivity contribution is -0.130. The van der Waals surface area contributed by atoms with E-state index in [1.165, 1.54) is 7.11 Å². The molecule has 2 aromatic rings. The highest BCUT2D eigenvalue weighted by Gasteiger charge is 2.39. The van der Waals surface area contributed by atoms with Crippen molar-refractivity contribution in [2.45, 2.75) is 24.7 Å². The predicted octanol–water partition coefficient (Wildman–Crippen LogP) is 2.15. The topological polar surface area (TPSA) is 74.3 Å². The second-order valence-electron chi connectivity index (χ2n) is 7.05. The summed E-state index contributed by atoms with van der Waals surface area (Å²) < 4.78 is 22.6. The highest BCUT2D eigenvalue weighted by Crippen LogP contribution is 2.23. The van der Waals surface area contributed by atoms with Crippen LogP contribution in [-0.2, 0) is 25.4 Å². The zero-order valence-corrected chi connectivity index (χ0v) is 16.9. The number of benzene rings is 1. The summed E-state index contributed by atoms with van der Waals surface area (Å²) in [6, 6.07) is 10.7. The fraction of sp³-hybridized carbons (Fsp3) is 0.429. The minimum atomic E-state index is -0.385. The zero-order chi connectivity index (χ0) is 20.2. The van der Waals surface area contributed by atoms with Crippen LogP contribution < -0.4 is 4.74 Å². The molecule has 0 saturated carbocycles. The molecule has 2 fully saturated rings. The van der Waals surface area contributed by atoms with E-state index in [9.17, 15) is 9.59 Å². The van der Waals surface area contributed by atoms with Crippen molar-refractivity contribution in [1.82, 2.24) is 4.90 Å². The number of hydrogen-bond donors (Lipinski definition) is 0. The molecule has 0 spiro atoms. The fourth-order valence-electron chi connectivity index (χ4n) is 3.50. The van der Waals surface area contributed by atoms with Crippen LogP contribution in [0.5, 0.6) is 5.75 Å². The van der Waals surface area contributed by atoms with Crippen molar-refractivity contribution in [3.05, 3.63) is 52.2 Å². The Morgan fingerprint density at radius 3 is 2.38 bits per heavy atom. The van der Waals surface area contributed by atoms with Gasteiger partial charge in [0, 0.05) is 18.0 Å². The van der Waals surface area contributed by atoms with E-state index in [0.29, 0.717) is 44.0 Å². The minimum absolute atomic E-state index is 0.103. The van der Waals surface area contributed by atoms with Gasteiger partial charge >= 0.3 is 5.97 Å². The van der Waals surface area contributed by atoms with Crippen LogP contribution >= 0.6 is 11.3 Å². The van der Waals surface area contributed by atoms with Crippen LogP contribution in [0.2, 0.25) is 0 Å². The van der Waals surface area contributed by atoms with E-state index in [1.807, 2.05) is 22.4 Å². The monoisotopic (exact) mass is 417 g/mol. The highest BCUT2D eigenvalue weighted by atomic mass is 32.1. The Morgan fingerprint density at radius 1 is 1.10 bits per heavy atom. The van der Waals surface area contributed by atoms with Crippen LogP contribution in [0.15, 0.2) is 41.8 Å². The summed E-state index contributed by atoms with van der Waals surface area (Å²) in [6.45, 7) is 1.84. The second-order valence-corrected chi connectivity index (χ2v) is 8.09. The molecular formula is C21H23NO6S.